The van der Waals surface area contributed by atoms with Gasteiger partial charge in [-0.15, -0.1) is 0 Å². The van der Waals surface area contributed by atoms with Crippen LogP contribution in [0.4, 0.5) is 4.39 Å². The van der Waals surface area contributed by atoms with Crippen LogP contribution >= 0.6 is 39.3 Å². The van der Waals surface area contributed by atoms with Gasteiger partial charge in [-0.2, -0.15) is 11.8 Å². The van der Waals surface area contributed by atoms with Gasteiger partial charge >= 0.3 is 0 Å². The van der Waals surface area contributed by atoms with Gasteiger partial charge < -0.3 is 0 Å². The van der Waals surface area contributed by atoms with Crippen molar-refractivity contribution in [3.63, 3.8) is 0 Å². The summed E-state index contributed by atoms with van der Waals surface area (Å²) in [5, 5.41) is 0.465. The van der Waals surface area contributed by atoms with Gasteiger partial charge in [0.2, 0.25) is 0 Å². The van der Waals surface area contributed by atoms with E-state index in [0.29, 0.717) is 15.8 Å². The number of hydrogen-bond donors (Lipinski definition) is 0. The molecule has 0 nitrogen and oxygen atoms in total. The van der Waals surface area contributed by atoms with Gasteiger partial charge in [-0.05, 0) is 35.8 Å². The van der Waals surface area contributed by atoms with Gasteiger partial charge in [-0.1, -0.05) is 33.6 Å². The second-order valence-corrected chi connectivity index (χ2v) is 6.44. The number of hydrogen-bond acceptors (Lipinski definition) is 1. The van der Waals surface area contributed by atoms with Gasteiger partial charge in [-0.3, -0.25) is 0 Å². The molecule has 0 radical (unpaired) electrons. The molecule has 1 aromatic rings. The third-order valence-electron chi connectivity index (χ3n) is 2.62. The zero-order valence-corrected chi connectivity index (χ0v) is 11.2. The van der Waals surface area contributed by atoms with Crippen LogP contribution in [0, 0.1) is 11.7 Å². The Hall–Kier alpha value is 0.270. The van der Waals surface area contributed by atoms with Crippen molar-refractivity contribution in [1.82, 2.24) is 0 Å². The molecule has 82 valence electrons. The van der Waals surface area contributed by atoms with Crippen LogP contribution < -0.4 is 0 Å². The highest BCUT2D eigenvalue weighted by molar-refractivity contribution is 9.09. The van der Waals surface area contributed by atoms with E-state index in [2.05, 4.69) is 15.9 Å². The topological polar surface area (TPSA) is 0 Å². The Labute approximate surface area is 107 Å². The third-order valence-corrected chi connectivity index (χ3v) is 5.61. The second-order valence-electron chi connectivity index (χ2n) is 3.75. The molecule has 0 spiro atoms. The first-order valence-corrected chi connectivity index (χ1v) is 7.27. The summed E-state index contributed by atoms with van der Waals surface area (Å²) < 4.78 is 13.5. The molecule has 2 atom stereocenters. The van der Waals surface area contributed by atoms with E-state index in [9.17, 15) is 4.39 Å². The number of rotatable bonds is 2. The Balaban J connectivity index is 2.10. The van der Waals surface area contributed by atoms with Crippen LogP contribution in [-0.4, -0.2) is 16.3 Å². The van der Waals surface area contributed by atoms with Crippen LogP contribution in [-0.2, 0) is 6.42 Å². The lowest BCUT2D eigenvalue weighted by Crippen LogP contribution is -2.14. The lowest BCUT2D eigenvalue weighted by atomic mass is 9.98. The Morgan fingerprint density at radius 3 is 2.87 bits per heavy atom. The Morgan fingerprint density at radius 2 is 2.27 bits per heavy atom. The predicted octanol–water partition coefficient (Wildman–Crippen LogP) is 4.15. The molecular weight excluding hydrogens is 299 g/mol. The molecule has 15 heavy (non-hydrogen) atoms. The molecule has 0 bridgehead atoms. The van der Waals surface area contributed by atoms with Gasteiger partial charge in [0.05, 0.1) is 0 Å². The van der Waals surface area contributed by atoms with E-state index in [1.807, 2.05) is 11.8 Å². The Morgan fingerprint density at radius 1 is 1.47 bits per heavy atom. The first-order chi connectivity index (χ1) is 7.16. The molecule has 4 heteroatoms. The van der Waals surface area contributed by atoms with Gasteiger partial charge in [0.1, 0.15) is 5.82 Å². The van der Waals surface area contributed by atoms with Crippen molar-refractivity contribution in [2.75, 3.05) is 11.5 Å². The minimum absolute atomic E-state index is 0.181. The zero-order valence-electron chi connectivity index (χ0n) is 8.05. The zero-order chi connectivity index (χ0) is 10.8. The fourth-order valence-corrected chi connectivity index (χ4v) is 4.36. The molecule has 0 amide bonds. The SMILES string of the molecule is Fc1cc(Cl)ccc1CC1CSCC1Br. The predicted molar refractivity (Wildman–Crippen MR) is 68.6 cm³/mol. The van der Waals surface area contributed by atoms with Crippen molar-refractivity contribution < 1.29 is 4.39 Å². The van der Waals surface area contributed by atoms with Crippen molar-refractivity contribution in [2.24, 2.45) is 5.92 Å². The highest BCUT2D eigenvalue weighted by Crippen LogP contribution is 2.32. The quantitative estimate of drug-likeness (QED) is 0.740. The number of benzene rings is 1. The summed E-state index contributed by atoms with van der Waals surface area (Å²) in [6.45, 7) is 0. The molecule has 1 aliphatic heterocycles. The number of thioether (sulfide) groups is 1. The molecule has 0 aliphatic carbocycles. The summed E-state index contributed by atoms with van der Waals surface area (Å²) in [5.74, 6) is 2.59. The first kappa shape index (κ1) is 11.7. The molecule has 2 rings (SSSR count). The molecule has 0 N–H and O–H groups in total. The van der Waals surface area contributed by atoms with Crippen molar-refractivity contribution in [3.05, 3.63) is 34.6 Å². The van der Waals surface area contributed by atoms with Crippen molar-refractivity contribution in [3.8, 4) is 0 Å². The minimum atomic E-state index is -0.181. The summed E-state index contributed by atoms with van der Waals surface area (Å²) in [5.41, 5.74) is 0.774. The third kappa shape index (κ3) is 2.89. The molecule has 1 saturated heterocycles. The van der Waals surface area contributed by atoms with Crippen LogP contribution in [0.15, 0.2) is 18.2 Å². The van der Waals surface area contributed by atoms with E-state index in [1.54, 1.807) is 12.1 Å². The molecular formula is C11H11BrClFS. The first-order valence-electron chi connectivity index (χ1n) is 4.82. The second kappa shape index (κ2) is 5.07. The van der Waals surface area contributed by atoms with E-state index in [4.69, 9.17) is 11.6 Å². The maximum Gasteiger partial charge on any atom is 0.127 e. The molecule has 1 heterocycles. The molecule has 0 saturated carbocycles. The molecule has 1 aromatic carbocycles. The Bertz CT molecular complexity index is 358. The van der Waals surface area contributed by atoms with Crippen molar-refractivity contribution in [1.29, 1.82) is 0 Å². The van der Waals surface area contributed by atoms with E-state index in [1.165, 1.54) is 6.07 Å². The van der Waals surface area contributed by atoms with Gasteiger partial charge in [-0.25, -0.2) is 4.39 Å². The van der Waals surface area contributed by atoms with Crippen molar-refractivity contribution in [2.45, 2.75) is 11.2 Å². The normalized spacial score (nSPS) is 25.8. The number of alkyl halides is 1. The molecule has 1 fully saturated rings. The van der Waals surface area contributed by atoms with Crippen LogP contribution in [0.3, 0.4) is 0 Å². The molecule has 1 aliphatic rings. The fourth-order valence-electron chi connectivity index (χ4n) is 1.73. The van der Waals surface area contributed by atoms with Crippen LogP contribution in [0.1, 0.15) is 5.56 Å². The standard InChI is InChI=1S/C11H11BrClFS/c12-10-6-15-5-8(10)3-7-1-2-9(13)4-11(7)14/h1-2,4,8,10H,3,5-6H2. The summed E-state index contributed by atoms with van der Waals surface area (Å²) in [7, 11) is 0. The minimum Gasteiger partial charge on any atom is -0.207 e. The highest BCUT2D eigenvalue weighted by Gasteiger charge is 2.26. The van der Waals surface area contributed by atoms with Gasteiger partial charge in [0, 0.05) is 15.6 Å². The van der Waals surface area contributed by atoms with E-state index in [0.717, 1.165) is 23.5 Å². The number of halogens is 3. The summed E-state index contributed by atoms with van der Waals surface area (Å²) in [6.07, 6.45) is 0.798. The summed E-state index contributed by atoms with van der Waals surface area (Å²) in [4.78, 5) is 0.512. The summed E-state index contributed by atoms with van der Waals surface area (Å²) >= 11 is 11.3. The van der Waals surface area contributed by atoms with E-state index in [-0.39, 0.29) is 5.82 Å². The Kier molecular flexibility index (Phi) is 3.97. The van der Waals surface area contributed by atoms with Gasteiger partial charge in [0.15, 0.2) is 0 Å². The molecule has 0 aromatic heterocycles. The smallest absolute Gasteiger partial charge is 0.127 e. The average Bonchev–Trinajstić information content (AvgIpc) is 2.57. The van der Waals surface area contributed by atoms with Crippen molar-refractivity contribution >= 4 is 39.3 Å². The average molecular weight is 310 g/mol. The lowest BCUT2D eigenvalue weighted by molar-refractivity contribution is 0.563. The van der Waals surface area contributed by atoms with Gasteiger partial charge in [0.25, 0.3) is 0 Å². The summed E-state index contributed by atoms with van der Waals surface area (Å²) in [6, 6.07) is 4.94. The lowest BCUT2D eigenvalue weighted by Gasteiger charge is -2.13. The highest BCUT2D eigenvalue weighted by atomic mass is 79.9. The van der Waals surface area contributed by atoms with E-state index >= 15 is 0 Å². The maximum atomic E-state index is 13.5. The van der Waals surface area contributed by atoms with Crippen LogP contribution in [0.25, 0.3) is 0 Å². The fraction of sp³-hybridized carbons (Fsp3) is 0.455. The monoisotopic (exact) mass is 308 g/mol. The van der Waals surface area contributed by atoms with Crippen LogP contribution in [0.2, 0.25) is 5.02 Å². The maximum absolute atomic E-state index is 13.5. The molecule has 2 unspecified atom stereocenters. The van der Waals surface area contributed by atoms with Crippen LogP contribution in [0.5, 0.6) is 0 Å². The largest absolute Gasteiger partial charge is 0.207 e. The van der Waals surface area contributed by atoms with E-state index < -0.39 is 0 Å².